The second-order valence-corrected chi connectivity index (χ2v) is 5.79. The minimum Gasteiger partial charge on any atom is -0.466 e. The largest absolute Gasteiger partial charge is 0.466 e. The van der Waals surface area contributed by atoms with Gasteiger partial charge in [-0.25, -0.2) is 0 Å². The Labute approximate surface area is 120 Å². The topological polar surface area (TPSA) is 42.1 Å². The number of benzene rings is 1. The Morgan fingerprint density at radius 2 is 2.37 bits per heavy atom. The SMILES string of the molecule is CCOC(=O)C1CCc2[nH]c3cccc(Br)c3c2C1. The normalized spacial score (nSPS) is 18.3. The molecule has 0 amide bonds. The Morgan fingerprint density at radius 3 is 3.16 bits per heavy atom. The number of ether oxygens (including phenoxy) is 1. The summed E-state index contributed by atoms with van der Waals surface area (Å²) in [6.45, 7) is 2.31. The van der Waals surface area contributed by atoms with Crippen LogP contribution in [0.25, 0.3) is 10.9 Å². The molecule has 0 spiro atoms. The van der Waals surface area contributed by atoms with Gasteiger partial charge in [0.1, 0.15) is 0 Å². The molecule has 19 heavy (non-hydrogen) atoms. The van der Waals surface area contributed by atoms with Gasteiger partial charge in [-0.2, -0.15) is 0 Å². The number of rotatable bonds is 2. The van der Waals surface area contributed by atoms with Crippen LogP contribution in [0.4, 0.5) is 0 Å². The summed E-state index contributed by atoms with van der Waals surface area (Å²) in [5.74, 6) is -0.0619. The van der Waals surface area contributed by atoms with Gasteiger partial charge in [-0.3, -0.25) is 4.79 Å². The van der Waals surface area contributed by atoms with Gasteiger partial charge >= 0.3 is 5.97 Å². The summed E-state index contributed by atoms with van der Waals surface area (Å²) in [6.07, 6.45) is 2.56. The molecule has 0 saturated carbocycles. The van der Waals surface area contributed by atoms with Crippen LogP contribution in [0.3, 0.4) is 0 Å². The van der Waals surface area contributed by atoms with Crippen LogP contribution in [0.5, 0.6) is 0 Å². The molecular weight excluding hydrogens is 306 g/mol. The van der Waals surface area contributed by atoms with Crippen molar-refractivity contribution in [3.8, 4) is 0 Å². The van der Waals surface area contributed by atoms with Crippen LogP contribution in [-0.2, 0) is 22.4 Å². The fourth-order valence-corrected chi connectivity index (χ4v) is 3.50. The Hall–Kier alpha value is -1.29. The number of carbonyl (C=O) groups excluding carboxylic acids is 1. The summed E-state index contributed by atoms with van der Waals surface area (Å²) >= 11 is 3.61. The molecule has 4 heteroatoms. The number of hydrogen-bond donors (Lipinski definition) is 1. The third-order valence-corrected chi connectivity index (χ3v) is 4.44. The minimum atomic E-state index is -0.0606. The maximum Gasteiger partial charge on any atom is 0.309 e. The van der Waals surface area contributed by atoms with Crippen molar-refractivity contribution in [2.24, 2.45) is 5.92 Å². The zero-order chi connectivity index (χ0) is 13.4. The van der Waals surface area contributed by atoms with E-state index in [1.54, 1.807) is 0 Å². The van der Waals surface area contributed by atoms with E-state index >= 15 is 0 Å². The summed E-state index contributed by atoms with van der Waals surface area (Å²) in [5, 5.41) is 1.21. The van der Waals surface area contributed by atoms with Crippen LogP contribution in [0, 0.1) is 5.92 Å². The maximum absolute atomic E-state index is 11.9. The quantitative estimate of drug-likeness (QED) is 0.859. The van der Waals surface area contributed by atoms with Crippen LogP contribution < -0.4 is 0 Å². The highest BCUT2D eigenvalue weighted by Gasteiger charge is 2.28. The molecule has 1 unspecified atom stereocenters. The van der Waals surface area contributed by atoms with Gasteiger partial charge in [-0.1, -0.05) is 22.0 Å². The lowest BCUT2D eigenvalue weighted by Crippen LogP contribution is -2.24. The maximum atomic E-state index is 11.9. The van der Waals surface area contributed by atoms with E-state index in [1.165, 1.54) is 16.6 Å². The smallest absolute Gasteiger partial charge is 0.309 e. The lowest BCUT2D eigenvalue weighted by Gasteiger charge is -2.20. The van der Waals surface area contributed by atoms with Gasteiger partial charge in [0.05, 0.1) is 12.5 Å². The van der Waals surface area contributed by atoms with Gasteiger partial charge in [0, 0.05) is 21.1 Å². The van der Waals surface area contributed by atoms with Gasteiger partial charge in [-0.05, 0) is 43.9 Å². The van der Waals surface area contributed by atoms with Crippen LogP contribution >= 0.6 is 15.9 Å². The van der Waals surface area contributed by atoms with Crippen LogP contribution in [-0.4, -0.2) is 17.6 Å². The summed E-state index contributed by atoms with van der Waals surface area (Å²) in [6, 6.07) is 6.15. The van der Waals surface area contributed by atoms with E-state index in [4.69, 9.17) is 4.74 Å². The molecule has 1 heterocycles. The number of aromatic amines is 1. The van der Waals surface area contributed by atoms with Crippen molar-refractivity contribution in [1.82, 2.24) is 4.98 Å². The van der Waals surface area contributed by atoms with E-state index < -0.39 is 0 Å². The van der Waals surface area contributed by atoms with Crippen LogP contribution in [0.15, 0.2) is 22.7 Å². The van der Waals surface area contributed by atoms with E-state index in [-0.39, 0.29) is 11.9 Å². The lowest BCUT2D eigenvalue weighted by atomic mass is 9.86. The Bertz CT molecular complexity index is 632. The van der Waals surface area contributed by atoms with Gasteiger partial charge < -0.3 is 9.72 Å². The van der Waals surface area contributed by atoms with E-state index in [0.29, 0.717) is 6.61 Å². The molecule has 0 aliphatic heterocycles. The van der Waals surface area contributed by atoms with E-state index in [0.717, 1.165) is 29.3 Å². The molecule has 0 bridgehead atoms. The lowest BCUT2D eigenvalue weighted by molar-refractivity contribution is -0.148. The van der Waals surface area contributed by atoms with Crippen molar-refractivity contribution < 1.29 is 9.53 Å². The zero-order valence-electron chi connectivity index (χ0n) is 10.8. The molecule has 1 aliphatic rings. The Morgan fingerprint density at radius 1 is 1.53 bits per heavy atom. The van der Waals surface area contributed by atoms with Crippen LogP contribution in [0.1, 0.15) is 24.6 Å². The molecule has 1 N–H and O–H groups in total. The third kappa shape index (κ3) is 2.18. The Kier molecular flexibility index (Phi) is 3.35. The molecule has 0 saturated heterocycles. The summed E-state index contributed by atoms with van der Waals surface area (Å²) in [7, 11) is 0. The van der Waals surface area contributed by atoms with E-state index in [9.17, 15) is 4.79 Å². The van der Waals surface area contributed by atoms with Gasteiger partial charge in [0.15, 0.2) is 0 Å². The van der Waals surface area contributed by atoms with Crippen molar-refractivity contribution >= 4 is 32.8 Å². The number of H-pyrrole nitrogens is 1. The Balaban J connectivity index is 1.99. The van der Waals surface area contributed by atoms with Gasteiger partial charge in [0.2, 0.25) is 0 Å². The standard InChI is InChI=1S/C15H16BrNO2/c1-2-19-15(18)9-6-7-12-10(8-9)14-11(16)4-3-5-13(14)17-12/h3-5,9,17H,2,6-8H2,1H3. The number of esters is 1. The van der Waals surface area contributed by atoms with Gasteiger partial charge in [-0.15, -0.1) is 0 Å². The number of aromatic nitrogens is 1. The van der Waals surface area contributed by atoms with Crippen molar-refractivity contribution in [2.45, 2.75) is 26.2 Å². The first-order valence-electron chi connectivity index (χ1n) is 6.65. The van der Waals surface area contributed by atoms with Gasteiger partial charge in [0.25, 0.3) is 0 Å². The van der Waals surface area contributed by atoms with Crippen molar-refractivity contribution in [2.75, 3.05) is 6.61 Å². The molecule has 1 aromatic heterocycles. The highest BCUT2D eigenvalue weighted by atomic mass is 79.9. The summed E-state index contributed by atoms with van der Waals surface area (Å²) in [5.41, 5.74) is 3.68. The molecule has 3 rings (SSSR count). The predicted octanol–water partition coefficient (Wildman–Crippen LogP) is 3.60. The van der Waals surface area contributed by atoms with E-state index in [2.05, 4.69) is 27.0 Å². The van der Waals surface area contributed by atoms with Crippen LogP contribution in [0.2, 0.25) is 0 Å². The second kappa shape index (κ2) is 5.00. The molecule has 3 nitrogen and oxygen atoms in total. The summed E-state index contributed by atoms with van der Waals surface area (Å²) < 4.78 is 6.24. The first-order valence-corrected chi connectivity index (χ1v) is 7.44. The minimum absolute atomic E-state index is 0.00134. The molecule has 1 atom stereocenters. The molecule has 0 fully saturated rings. The number of aryl methyl sites for hydroxylation is 1. The molecule has 100 valence electrons. The molecule has 2 aromatic rings. The zero-order valence-corrected chi connectivity index (χ0v) is 12.4. The fraction of sp³-hybridized carbons (Fsp3) is 0.400. The fourth-order valence-electron chi connectivity index (χ4n) is 2.89. The molecule has 1 aromatic carbocycles. The number of hydrogen-bond acceptors (Lipinski definition) is 2. The average molecular weight is 322 g/mol. The third-order valence-electron chi connectivity index (χ3n) is 3.78. The first-order chi connectivity index (χ1) is 9.20. The highest BCUT2D eigenvalue weighted by Crippen LogP contribution is 2.35. The number of nitrogens with one attached hydrogen (secondary N) is 1. The van der Waals surface area contributed by atoms with Crippen molar-refractivity contribution in [3.05, 3.63) is 33.9 Å². The highest BCUT2D eigenvalue weighted by molar-refractivity contribution is 9.10. The molecule has 0 radical (unpaired) electrons. The molecule has 1 aliphatic carbocycles. The monoisotopic (exact) mass is 321 g/mol. The second-order valence-electron chi connectivity index (χ2n) is 4.94. The van der Waals surface area contributed by atoms with Crippen molar-refractivity contribution in [3.63, 3.8) is 0 Å². The first kappa shape index (κ1) is 12.7. The number of carbonyl (C=O) groups is 1. The number of fused-ring (bicyclic) bond motifs is 3. The molecular formula is C15H16BrNO2. The number of halogens is 1. The van der Waals surface area contributed by atoms with E-state index in [1.807, 2.05) is 19.1 Å². The van der Waals surface area contributed by atoms with Crippen molar-refractivity contribution in [1.29, 1.82) is 0 Å². The summed E-state index contributed by atoms with van der Waals surface area (Å²) in [4.78, 5) is 15.4. The average Bonchev–Trinajstić information content (AvgIpc) is 2.77. The predicted molar refractivity (Wildman–Crippen MR) is 78.1 cm³/mol.